The Bertz CT molecular complexity index is 993. The second kappa shape index (κ2) is 7.22. The molecule has 1 amide bonds. The number of benzene rings is 1. The Hall–Kier alpha value is -3.16. The van der Waals surface area contributed by atoms with Crippen molar-refractivity contribution in [1.82, 2.24) is 19.5 Å². The van der Waals surface area contributed by atoms with Gasteiger partial charge in [0.25, 0.3) is 5.91 Å². The molecule has 3 rings (SSSR count). The zero-order chi connectivity index (χ0) is 19.6. The number of fused-ring (bicyclic) bond motifs is 1. The summed E-state index contributed by atoms with van der Waals surface area (Å²) in [5, 5.41) is 3.73. The number of alkyl halides is 3. The number of nitrogens with zero attached hydrogens (tertiary/aromatic N) is 4. The van der Waals surface area contributed by atoms with E-state index < -0.39 is 17.8 Å². The fraction of sp³-hybridized carbons (Fsp3) is 0.211. The summed E-state index contributed by atoms with van der Waals surface area (Å²) in [6.45, 7) is 1.74. The third-order valence-electron chi connectivity index (χ3n) is 3.96. The number of hydrogen-bond acceptors (Lipinski definition) is 3. The highest BCUT2D eigenvalue weighted by atomic mass is 19.4. The number of aryl methyl sites for hydroxylation is 1. The van der Waals surface area contributed by atoms with Crippen molar-refractivity contribution in [1.29, 1.82) is 0 Å². The number of halogens is 3. The van der Waals surface area contributed by atoms with Crippen LogP contribution in [0, 0.1) is 6.92 Å². The van der Waals surface area contributed by atoms with Gasteiger partial charge in [-0.25, -0.2) is 9.50 Å². The Morgan fingerprint density at radius 2 is 1.96 bits per heavy atom. The van der Waals surface area contributed by atoms with Gasteiger partial charge in [0.15, 0.2) is 5.65 Å². The molecule has 0 spiro atoms. The van der Waals surface area contributed by atoms with E-state index >= 15 is 0 Å². The lowest BCUT2D eigenvalue weighted by atomic mass is 10.2. The summed E-state index contributed by atoms with van der Waals surface area (Å²) >= 11 is 0. The van der Waals surface area contributed by atoms with E-state index in [9.17, 15) is 18.0 Å². The van der Waals surface area contributed by atoms with Crippen LogP contribution in [0.15, 0.2) is 48.7 Å². The molecule has 0 fully saturated rings. The average Bonchev–Trinajstić information content (AvgIpc) is 3.03. The van der Waals surface area contributed by atoms with E-state index in [2.05, 4.69) is 10.1 Å². The van der Waals surface area contributed by atoms with E-state index in [4.69, 9.17) is 0 Å². The Labute approximate surface area is 153 Å². The first-order valence-corrected chi connectivity index (χ1v) is 8.17. The largest absolute Gasteiger partial charge is 0.433 e. The smallest absolute Gasteiger partial charge is 0.338 e. The maximum atomic E-state index is 13.2. The molecule has 2 heterocycles. The molecule has 0 atom stereocenters. The van der Waals surface area contributed by atoms with Crippen molar-refractivity contribution in [2.24, 2.45) is 0 Å². The molecule has 2 aromatic heterocycles. The molecule has 3 aromatic rings. The summed E-state index contributed by atoms with van der Waals surface area (Å²) in [4.78, 5) is 18.1. The molecule has 0 radical (unpaired) electrons. The maximum Gasteiger partial charge on any atom is 0.433 e. The van der Waals surface area contributed by atoms with Gasteiger partial charge >= 0.3 is 6.18 Å². The third kappa shape index (κ3) is 3.99. The predicted octanol–water partition coefficient (Wildman–Crippen LogP) is 3.84. The summed E-state index contributed by atoms with van der Waals surface area (Å²) in [7, 11) is 1.57. The SMILES string of the molecule is Cc1cc(C(F)(F)F)n2ncc(C(=O)N(C)CC=Cc3ccccc3)c2n1. The molecular weight excluding hydrogens is 357 g/mol. The van der Waals surface area contributed by atoms with Crippen molar-refractivity contribution in [2.45, 2.75) is 13.1 Å². The molecule has 0 unspecified atom stereocenters. The van der Waals surface area contributed by atoms with Gasteiger partial charge in [0, 0.05) is 19.3 Å². The molecule has 0 aliphatic heterocycles. The van der Waals surface area contributed by atoms with Gasteiger partial charge in [0.2, 0.25) is 0 Å². The molecule has 140 valence electrons. The van der Waals surface area contributed by atoms with E-state index in [1.807, 2.05) is 36.4 Å². The van der Waals surface area contributed by atoms with Gasteiger partial charge in [-0.2, -0.15) is 18.3 Å². The predicted molar refractivity (Wildman–Crippen MR) is 95.2 cm³/mol. The minimum absolute atomic E-state index is 0.0276. The van der Waals surface area contributed by atoms with Gasteiger partial charge in [0.05, 0.1) is 6.20 Å². The van der Waals surface area contributed by atoms with Gasteiger partial charge < -0.3 is 4.90 Å². The van der Waals surface area contributed by atoms with Gasteiger partial charge in [-0.05, 0) is 18.6 Å². The normalized spacial score (nSPS) is 12.0. The molecule has 0 saturated heterocycles. The standard InChI is InChI=1S/C19H17F3N4O/c1-13-11-16(19(20,21)22)26-17(24-13)15(12-23-26)18(27)25(2)10-6-9-14-7-4-3-5-8-14/h3-9,11-12H,10H2,1-2H3. The van der Waals surface area contributed by atoms with Crippen LogP contribution < -0.4 is 0 Å². The lowest BCUT2D eigenvalue weighted by Crippen LogP contribution is -2.27. The van der Waals surface area contributed by atoms with E-state index in [1.54, 1.807) is 13.1 Å². The number of rotatable bonds is 4. The highest BCUT2D eigenvalue weighted by Gasteiger charge is 2.35. The molecule has 27 heavy (non-hydrogen) atoms. The van der Waals surface area contributed by atoms with Crippen LogP contribution in [-0.2, 0) is 6.18 Å². The van der Waals surface area contributed by atoms with Crippen LogP contribution >= 0.6 is 0 Å². The Morgan fingerprint density at radius 3 is 2.63 bits per heavy atom. The van der Waals surface area contributed by atoms with Crippen LogP contribution in [0.1, 0.15) is 27.3 Å². The lowest BCUT2D eigenvalue weighted by Gasteiger charge is -2.14. The molecule has 0 bridgehead atoms. The minimum Gasteiger partial charge on any atom is -0.338 e. The summed E-state index contributed by atoms with van der Waals surface area (Å²) in [5.41, 5.74) is 0.110. The molecular formula is C19H17F3N4O. The fourth-order valence-electron chi connectivity index (χ4n) is 2.64. The molecule has 0 N–H and O–H groups in total. The Balaban J connectivity index is 1.85. The fourth-order valence-corrected chi connectivity index (χ4v) is 2.64. The zero-order valence-corrected chi connectivity index (χ0v) is 14.7. The average molecular weight is 374 g/mol. The Kier molecular flexibility index (Phi) is 4.98. The van der Waals surface area contributed by atoms with Crippen molar-refractivity contribution in [3.05, 3.63) is 71.2 Å². The highest BCUT2D eigenvalue weighted by Crippen LogP contribution is 2.30. The number of carbonyl (C=O) groups is 1. The van der Waals surface area contributed by atoms with Crippen LogP contribution in [0.5, 0.6) is 0 Å². The summed E-state index contributed by atoms with van der Waals surface area (Å²) in [6.07, 6.45) is 0.197. The van der Waals surface area contributed by atoms with Crippen molar-refractivity contribution in [2.75, 3.05) is 13.6 Å². The van der Waals surface area contributed by atoms with E-state index in [0.717, 1.165) is 17.8 Å². The van der Waals surface area contributed by atoms with Crippen LogP contribution in [-0.4, -0.2) is 39.0 Å². The van der Waals surface area contributed by atoms with Gasteiger partial charge in [-0.1, -0.05) is 42.5 Å². The second-order valence-corrected chi connectivity index (χ2v) is 6.07. The van der Waals surface area contributed by atoms with Gasteiger partial charge in [-0.3, -0.25) is 4.79 Å². The second-order valence-electron chi connectivity index (χ2n) is 6.07. The molecule has 8 heteroatoms. The van der Waals surface area contributed by atoms with Crippen LogP contribution in [0.3, 0.4) is 0 Å². The summed E-state index contributed by atoms with van der Waals surface area (Å²) < 4.78 is 40.3. The van der Waals surface area contributed by atoms with Crippen molar-refractivity contribution in [3.63, 3.8) is 0 Å². The minimum atomic E-state index is -4.59. The number of aromatic nitrogens is 3. The maximum absolute atomic E-state index is 13.2. The monoisotopic (exact) mass is 374 g/mol. The molecule has 0 aliphatic rings. The van der Waals surface area contributed by atoms with Crippen molar-refractivity contribution in [3.8, 4) is 0 Å². The van der Waals surface area contributed by atoms with Gasteiger partial charge in [0.1, 0.15) is 11.3 Å². The number of carbonyl (C=O) groups excluding carboxylic acids is 1. The van der Waals surface area contributed by atoms with Crippen LogP contribution in [0.4, 0.5) is 13.2 Å². The zero-order valence-electron chi connectivity index (χ0n) is 14.7. The first-order valence-electron chi connectivity index (χ1n) is 8.17. The summed E-state index contributed by atoms with van der Waals surface area (Å²) in [5.74, 6) is -0.450. The van der Waals surface area contributed by atoms with E-state index in [0.29, 0.717) is 11.1 Å². The van der Waals surface area contributed by atoms with Crippen molar-refractivity contribution >= 4 is 17.6 Å². The van der Waals surface area contributed by atoms with Crippen LogP contribution in [0.25, 0.3) is 11.7 Å². The number of hydrogen-bond donors (Lipinski definition) is 0. The molecule has 0 saturated carbocycles. The van der Waals surface area contributed by atoms with Gasteiger partial charge in [-0.15, -0.1) is 0 Å². The first-order chi connectivity index (χ1) is 12.8. The highest BCUT2D eigenvalue weighted by molar-refractivity contribution is 5.99. The van der Waals surface area contributed by atoms with Crippen molar-refractivity contribution < 1.29 is 18.0 Å². The molecule has 5 nitrogen and oxygen atoms in total. The first kappa shape index (κ1) is 18.6. The lowest BCUT2D eigenvalue weighted by molar-refractivity contribution is -0.142. The molecule has 0 aliphatic carbocycles. The van der Waals surface area contributed by atoms with E-state index in [-0.39, 0.29) is 16.9 Å². The third-order valence-corrected chi connectivity index (χ3v) is 3.96. The van der Waals surface area contributed by atoms with E-state index in [1.165, 1.54) is 11.8 Å². The Morgan fingerprint density at radius 1 is 1.26 bits per heavy atom. The van der Waals surface area contributed by atoms with Crippen LogP contribution in [0.2, 0.25) is 0 Å². The number of amides is 1. The number of likely N-dealkylation sites (N-methyl/N-ethyl adjacent to an activating group) is 1. The summed E-state index contributed by atoms with van der Waals surface area (Å²) in [6, 6.07) is 10.5. The topological polar surface area (TPSA) is 50.5 Å². The molecule has 1 aromatic carbocycles. The quantitative estimate of drug-likeness (QED) is 0.697.